The molecule has 0 saturated heterocycles. The highest BCUT2D eigenvalue weighted by Gasteiger charge is 2.14. The van der Waals surface area contributed by atoms with Gasteiger partial charge >= 0.3 is 5.97 Å². The molecule has 1 N–H and O–H groups in total. The van der Waals surface area contributed by atoms with Crippen LogP contribution >= 0.6 is 15.9 Å². The molecule has 0 aliphatic rings. The minimum Gasteiger partial charge on any atom is -0.452 e. The molecule has 0 aliphatic carbocycles. The average molecular weight is 329 g/mol. The van der Waals surface area contributed by atoms with Gasteiger partial charge in [-0.3, -0.25) is 9.78 Å². The molecule has 19 heavy (non-hydrogen) atoms. The summed E-state index contributed by atoms with van der Waals surface area (Å²) in [6.07, 6.45) is 2.95. The standard InChI is InChI=1S/C13H17BrN2O3/c1-8(2)9(3)16-12(17)7-19-13(18)10-4-11(14)6-15-5-10/h4-6,8-9H,7H2,1-3H3,(H,16,17). The molecule has 0 radical (unpaired) electrons. The van der Waals surface area contributed by atoms with Crippen LogP contribution in [0.3, 0.4) is 0 Å². The Morgan fingerprint density at radius 1 is 1.37 bits per heavy atom. The number of rotatable bonds is 5. The largest absolute Gasteiger partial charge is 0.452 e. The summed E-state index contributed by atoms with van der Waals surface area (Å²) >= 11 is 3.21. The Bertz CT molecular complexity index is 463. The number of carbonyl (C=O) groups excluding carboxylic acids is 2. The molecule has 1 aromatic heterocycles. The van der Waals surface area contributed by atoms with E-state index in [-0.39, 0.29) is 18.6 Å². The van der Waals surface area contributed by atoms with Gasteiger partial charge in [0.1, 0.15) is 0 Å². The van der Waals surface area contributed by atoms with Gasteiger partial charge in [0.05, 0.1) is 5.56 Å². The number of pyridine rings is 1. The number of ether oxygens (including phenoxy) is 1. The fourth-order valence-corrected chi connectivity index (χ4v) is 1.57. The molecular formula is C13H17BrN2O3. The smallest absolute Gasteiger partial charge is 0.340 e. The van der Waals surface area contributed by atoms with E-state index in [9.17, 15) is 9.59 Å². The van der Waals surface area contributed by atoms with Crippen LogP contribution in [0.4, 0.5) is 0 Å². The molecular weight excluding hydrogens is 312 g/mol. The van der Waals surface area contributed by atoms with Gasteiger partial charge in [0.2, 0.25) is 0 Å². The molecule has 6 heteroatoms. The first-order chi connectivity index (χ1) is 8.90. The summed E-state index contributed by atoms with van der Waals surface area (Å²) in [5, 5.41) is 2.76. The second kappa shape index (κ2) is 7.23. The Kier molecular flexibility index (Phi) is 5.95. The van der Waals surface area contributed by atoms with Gasteiger partial charge in [-0.1, -0.05) is 13.8 Å². The molecule has 1 heterocycles. The van der Waals surface area contributed by atoms with Crippen LogP contribution in [-0.4, -0.2) is 29.5 Å². The van der Waals surface area contributed by atoms with Gasteiger partial charge in [-0.2, -0.15) is 0 Å². The molecule has 1 rings (SSSR count). The first-order valence-corrected chi connectivity index (χ1v) is 6.76. The normalized spacial score (nSPS) is 12.1. The van der Waals surface area contributed by atoms with Gasteiger partial charge in [-0.05, 0) is 34.8 Å². The number of halogens is 1. The Labute approximate surface area is 120 Å². The maximum absolute atomic E-state index is 11.7. The zero-order valence-corrected chi connectivity index (χ0v) is 12.7. The van der Waals surface area contributed by atoms with E-state index in [4.69, 9.17) is 4.74 Å². The van der Waals surface area contributed by atoms with E-state index < -0.39 is 5.97 Å². The zero-order chi connectivity index (χ0) is 14.4. The van der Waals surface area contributed by atoms with E-state index in [1.165, 1.54) is 6.20 Å². The van der Waals surface area contributed by atoms with E-state index in [0.29, 0.717) is 16.0 Å². The number of nitrogens with zero attached hydrogens (tertiary/aromatic N) is 1. The molecule has 0 spiro atoms. The third kappa shape index (κ3) is 5.38. The molecule has 5 nitrogen and oxygen atoms in total. The molecule has 1 amide bonds. The number of esters is 1. The maximum atomic E-state index is 11.7. The summed E-state index contributed by atoms with van der Waals surface area (Å²) < 4.78 is 5.59. The summed E-state index contributed by atoms with van der Waals surface area (Å²) in [6, 6.07) is 1.63. The number of amides is 1. The Hall–Kier alpha value is -1.43. The third-order valence-corrected chi connectivity index (χ3v) is 3.10. The second-order valence-electron chi connectivity index (χ2n) is 4.57. The maximum Gasteiger partial charge on any atom is 0.340 e. The summed E-state index contributed by atoms with van der Waals surface area (Å²) in [7, 11) is 0. The highest BCUT2D eigenvalue weighted by molar-refractivity contribution is 9.10. The van der Waals surface area contributed by atoms with Crippen molar-refractivity contribution in [1.82, 2.24) is 10.3 Å². The van der Waals surface area contributed by atoms with Crippen LogP contribution in [0.15, 0.2) is 22.9 Å². The summed E-state index contributed by atoms with van der Waals surface area (Å²) in [5.41, 5.74) is 0.305. The average Bonchev–Trinajstić information content (AvgIpc) is 2.35. The lowest BCUT2D eigenvalue weighted by Crippen LogP contribution is -2.38. The lowest BCUT2D eigenvalue weighted by Gasteiger charge is -2.17. The van der Waals surface area contributed by atoms with Crippen molar-refractivity contribution in [2.24, 2.45) is 5.92 Å². The van der Waals surface area contributed by atoms with E-state index in [2.05, 4.69) is 26.2 Å². The van der Waals surface area contributed by atoms with Crippen molar-refractivity contribution >= 4 is 27.8 Å². The van der Waals surface area contributed by atoms with E-state index >= 15 is 0 Å². The number of nitrogens with one attached hydrogen (secondary N) is 1. The van der Waals surface area contributed by atoms with Crippen molar-refractivity contribution in [3.8, 4) is 0 Å². The number of hydrogen-bond donors (Lipinski definition) is 1. The first-order valence-electron chi connectivity index (χ1n) is 5.97. The van der Waals surface area contributed by atoms with Crippen LogP contribution in [0.1, 0.15) is 31.1 Å². The zero-order valence-electron chi connectivity index (χ0n) is 11.1. The van der Waals surface area contributed by atoms with Gasteiger partial charge in [-0.15, -0.1) is 0 Å². The minimum absolute atomic E-state index is 0.0405. The van der Waals surface area contributed by atoms with Crippen LogP contribution in [0.5, 0.6) is 0 Å². The van der Waals surface area contributed by atoms with Gasteiger partial charge in [0, 0.05) is 22.9 Å². The van der Waals surface area contributed by atoms with Crippen molar-refractivity contribution in [3.63, 3.8) is 0 Å². The van der Waals surface area contributed by atoms with Crippen molar-refractivity contribution in [1.29, 1.82) is 0 Å². The third-order valence-electron chi connectivity index (χ3n) is 2.66. The fourth-order valence-electron chi connectivity index (χ4n) is 1.20. The van der Waals surface area contributed by atoms with Crippen LogP contribution in [0.25, 0.3) is 0 Å². The molecule has 1 unspecified atom stereocenters. The van der Waals surface area contributed by atoms with E-state index in [1.807, 2.05) is 20.8 Å². The van der Waals surface area contributed by atoms with Gasteiger partial charge in [0.25, 0.3) is 5.91 Å². The first kappa shape index (κ1) is 15.6. The molecule has 0 aromatic carbocycles. The highest BCUT2D eigenvalue weighted by Crippen LogP contribution is 2.10. The molecule has 0 saturated carbocycles. The van der Waals surface area contributed by atoms with Gasteiger partial charge < -0.3 is 10.1 Å². The number of aromatic nitrogens is 1. The molecule has 0 fully saturated rings. The summed E-state index contributed by atoms with van der Waals surface area (Å²) in [5.74, 6) is -0.549. The number of carbonyl (C=O) groups is 2. The van der Waals surface area contributed by atoms with Gasteiger partial charge in [0.15, 0.2) is 6.61 Å². The Morgan fingerprint density at radius 3 is 2.63 bits per heavy atom. The summed E-state index contributed by atoms with van der Waals surface area (Å²) in [6.45, 7) is 5.62. The van der Waals surface area contributed by atoms with E-state index in [1.54, 1.807) is 12.3 Å². The fraction of sp³-hybridized carbons (Fsp3) is 0.462. The van der Waals surface area contributed by atoms with Crippen LogP contribution in [-0.2, 0) is 9.53 Å². The minimum atomic E-state index is -0.568. The Morgan fingerprint density at radius 2 is 2.05 bits per heavy atom. The SMILES string of the molecule is CC(C)C(C)NC(=O)COC(=O)c1cncc(Br)c1. The van der Waals surface area contributed by atoms with E-state index in [0.717, 1.165) is 0 Å². The quantitative estimate of drug-likeness (QED) is 0.841. The Balaban J connectivity index is 2.44. The highest BCUT2D eigenvalue weighted by atomic mass is 79.9. The molecule has 1 atom stereocenters. The molecule has 104 valence electrons. The lowest BCUT2D eigenvalue weighted by atomic mass is 10.1. The van der Waals surface area contributed by atoms with Crippen molar-refractivity contribution in [3.05, 3.63) is 28.5 Å². The predicted octanol–water partition coefficient (Wildman–Crippen LogP) is 2.16. The van der Waals surface area contributed by atoms with Crippen molar-refractivity contribution in [2.75, 3.05) is 6.61 Å². The second-order valence-corrected chi connectivity index (χ2v) is 5.48. The van der Waals surface area contributed by atoms with Gasteiger partial charge in [-0.25, -0.2) is 4.79 Å². The molecule has 0 bridgehead atoms. The molecule has 1 aromatic rings. The summed E-state index contributed by atoms with van der Waals surface area (Å²) in [4.78, 5) is 27.1. The van der Waals surface area contributed by atoms with Crippen molar-refractivity contribution < 1.29 is 14.3 Å². The van der Waals surface area contributed by atoms with Crippen molar-refractivity contribution in [2.45, 2.75) is 26.8 Å². The van der Waals surface area contributed by atoms with Crippen LogP contribution < -0.4 is 5.32 Å². The van der Waals surface area contributed by atoms with Crippen LogP contribution in [0.2, 0.25) is 0 Å². The predicted molar refractivity (Wildman–Crippen MR) is 74.7 cm³/mol. The van der Waals surface area contributed by atoms with Crippen LogP contribution in [0, 0.1) is 5.92 Å². The topological polar surface area (TPSA) is 68.3 Å². The lowest BCUT2D eigenvalue weighted by molar-refractivity contribution is -0.125. The monoisotopic (exact) mass is 328 g/mol. The molecule has 0 aliphatic heterocycles. The number of hydrogen-bond acceptors (Lipinski definition) is 4.